The van der Waals surface area contributed by atoms with E-state index in [1.807, 2.05) is 0 Å². The first-order chi connectivity index (χ1) is 9.60. The minimum atomic E-state index is -0.705. The summed E-state index contributed by atoms with van der Waals surface area (Å²) in [6, 6.07) is 3.99. The molecule has 6 heteroatoms. The molecule has 1 aromatic carbocycles. The van der Waals surface area contributed by atoms with Crippen LogP contribution >= 0.6 is 11.6 Å². The molecule has 0 saturated carbocycles. The van der Waals surface area contributed by atoms with Crippen LogP contribution in [0, 0.1) is 5.82 Å². The summed E-state index contributed by atoms with van der Waals surface area (Å²) < 4.78 is 25.0. The molecule has 2 heterocycles. The fourth-order valence-corrected chi connectivity index (χ4v) is 2.90. The number of likely N-dealkylation sites (tertiary alicyclic amines) is 1. The van der Waals surface area contributed by atoms with E-state index in [1.54, 1.807) is 4.90 Å². The lowest BCUT2D eigenvalue weighted by atomic mass is 10.0. The van der Waals surface area contributed by atoms with Gasteiger partial charge in [0.15, 0.2) is 5.79 Å². The van der Waals surface area contributed by atoms with Gasteiger partial charge in [0.2, 0.25) is 0 Å². The summed E-state index contributed by atoms with van der Waals surface area (Å²) in [6.07, 6.45) is 1.53. The highest BCUT2D eigenvalue weighted by atomic mass is 35.5. The van der Waals surface area contributed by atoms with Crippen molar-refractivity contribution in [2.24, 2.45) is 0 Å². The highest BCUT2D eigenvalue weighted by molar-refractivity contribution is 6.31. The maximum absolute atomic E-state index is 13.8. The number of hydrogen-bond donors (Lipinski definition) is 0. The zero-order valence-electron chi connectivity index (χ0n) is 10.9. The summed E-state index contributed by atoms with van der Waals surface area (Å²) in [7, 11) is 0. The Bertz CT molecular complexity index is 531. The van der Waals surface area contributed by atoms with Crippen LogP contribution in [0.5, 0.6) is 0 Å². The number of amides is 1. The molecule has 0 aromatic heterocycles. The van der Waals surface area contributed by atoms with Crippen LogP contribution in [-0.2, 0) is 9.47 Å². The molecule has 0 aliphatic carbocycles. The van der Waals surface area contributed by atoms with Crippen molar-refractivity contribution >= 4 is 17.5 Å². The van der Waals surface area contributed by atoms with Gasteiger partial charge in [-0.15, -0.1) is 0 Å². The van der Waals surface area contributed by atoms with E-state index >= 15 is 0 Å². The molecule has 0 unspecified atom stereocenters. The van der Waals surface area contributed by atoms with E-state index in [0.717, 1.165) is 12.8 Å². The minimum Gasteiger partial charge on any atom is -0.346 e. The second-order valence-corrected chi connectivity index (χ2v) is 5.50. The van der Waals surface area contributed by atoms with Gasteiger partial charge in [-0.2, -0.15) is 0 Å². The molecule has 0 N–H and O–H groups in total. The monoisotopic (exact) mass is 299 g/mol. The zero-order chi connectivity index (χ0) is 14.2. The SMILES string of the molecule is O=C(c1cc(Cl)ccc1F)N1CCCC2(C1)OCCO2. The molecule has 2 saturated heterocycles. The summed E-state index contributed by atoms with van der Waals surface area (Å²) in [5.74, 6) is -1.64. The van der Waals surface area contributed by atoms with E-state index in [2.05, 4.69) is 0 Å². The molecular formula is C14H15ClFNO3. The zero-order valence-corrected chi connectivity index (χ0v) is 11.7. The molecule has 20 heavy (non-hydrogen) atoms. The standard InChI is InChI=1S/C14H15ClFNO3/c15-10-2-3-12(16)11(8-10)13(18)17-5-1-4-14(9-17)19-6-7-20-14/h2-3,8H,1,4-7,9H2. The number of nitrogens with zero attached hydrogens (tertiary/aromatic N) is 1. The molecule has 3 rings (SSSR count). The largest absolute Gasteiger partial charge is 0.346 e. The van der Waals surface area contributed by atoms with Crippen molar-refractivity contribution in [3.05, 3.63) is 34.6 Å². The normalized spacial score (nSPS) is 21.4. The topological polar surface area (TPSA) is 38.8 Å². The van der Waals surface area contributed by atoms with Gasteiger partial charge in [-0.25, -0.2) is 4.39 Å². The van der Waals surface area contributed by atoms with Crippen molar-refractivity contribution < 1.29 is 18.7 Å². The first-order valence-electron chi connectivity index (χ1n) is 6.62. The lowest BCUT2D eigenvalue weighted by Gasteiger charge is -2.38. The van der Waals surface area contributed by atoms with Crippen LogP contribution in [0.4, 0.5) is 4.39 Å². The summed E-state index contributed by atoms with van der Waals surface area (Å²) >= 11 is 5.83. The van der Waals surface area contributed by atoms with Gasteiger partial charge in [0, 0.05) is 18.0 Å². The Morgan fingerprint density at radius 1 is 1.35 bits per heavy atom. The molecule has 0 bridgehead atoms. The number of carbonyl (C=O) groups is 1. The average Bonchev–Trinajstić information content (AvgIpc) is 2.88. The van der Waals surface area contributed by atoms with E-state index < -0.39 is 11.6 Å². The Labute approximate surface area is 121 Å². The Hall–Kier alpha value is -1.17. The number of ether oxygens (including phenoxy) is 2. The molecule has 2 aliphatic heterocycles. The van der Waals surface area contributed by atoms with Crippen molar-refractivity contribution in [1.29, 1.82) is 0 Å². The molecule has 1 spiro atoms. The third-order valence-electron chi connectivity index (χ3n) is 3.68. The van der Waals surface area contributed by atoms with Crippen LogP contribution in [0.15, 0.2) is 18.2 Å². The first kappa shape index (κ1) is 13.8. The third-order valence-corrected chi connectivity index (χ3v) is 3.91. The van der Waals surface area contributed by atoms with Crippen LogP contribution in [0.25, 0.3) is 0 Å². The number of halogens is 2. The van der Waals surface area contributed by atoms with Crippen molar-refractivity contribution in [3.63, 3.8) is 0 Å². The van der Waals surface area contributed by atoms with Crippen LogP contribution in [0.1, 0.15) is 23.2 Å². The van der Waals surface area contributed by atoms with Crippen molar-refractivity contribution in [1.82, 2.24) is 4.90 Å². The maximum atomic E-state index is 13.8. The fraction of sp³-hybridized carbons (Fsp3) is 0.500. The molecule has 0 radical (unpaired) electrons. The van der Waals surface area contributed by atoms with Crippen LogP contribution in [0.3, 0.4) is 0 Å². The summed E-state index contributed by atoms with van der Waals surface area (Å²) in [5, 5.41) is 0.342. The third kappa shape index (κ3) is 2.53. The van der Waals surface area contributed by atoms with Crippen molar-refractivity contribution in [2.45, 2.75) is 18.6 Å². The second kappa shape index (κ2) is 5.31. The van der Waals surface area contributed by atoms with E-state index in [0.29, 0.717) is 31.3 Å². The van der Waals surface area contributed by atoms with Crippen molar-refractivity contribution in [2.75, 3.05) is 26.3 Å². The minimum absolute atomic E-state index is 0.00690. The van der Waals surface area contributed by atoms with Gasteiger partial charge in [-0.05, 0) is 24.6 Å². The van der Waals surface area contributed by atoms with E-state index in [9.17, 15) is 9.18 Å². The van der Waals surface area contributed by atoms with Gasteiger partial charge < -0.3 is 14.4 Å². The Morgan fingerprint density at radius 3 is 2.85 bits per heavy atom. The summed E-state index contributed by atoms with van der Waals surface area (Å²) in [6.45, 7) is 1.97. The molecule has 4 nitrogen and oxygen atoms in total. The molecule has 108 valence electrons. The Kier molecular flexibility index (Phi) is 3.67. The highest BCUT2D eigenvalue weighted by Crippen LogP contribution is 2.31. The Morgan fingerprint density at radius 2 is 2.10 bits per heavy atom. The van der Waals surface area contributed by atoms with Crippen molar-refractivity contribution in [3.8, 4) is 0 Å². The van der Waals surface area contributed by atoms with Gasteiger partial charge in [-0.3, -0.25) is 4.79 Å². The lowest BCUT2D eigenvalue weighted by Crippen LogP contribution is -2.51. The number of rotatable bonds is 1. The second-order valence-electron chi connectivity index (χ2n) is 5.06. The summed E-state index contributed by atoms with van der Waals surface area (Å²) in [4.78, 5) is 14.0. The first-order valence-corrected chi connectivity index (χ1v) is 7.00. The molecule has 0 atom stereocenters. The van der Waals surface area contributed by atoms with Gasteiger partial charge in [-0.1, -0.05) is 11.6 Å². The molecule has 1 amide bonds. The smallest absolute Gasteiger partial charge is 0.257 e. The fourth-order valence-electron chi connectivity index (χ4n) is 2.73. The van der Waals surface area contributed by atoms with E-state index in [4.69, 9.17) is 21.1 Å². The van der Waals surface area contributed by atoms with Gasteiger partial charge >= 0.3 is 0 Å². The quantitative estimate of drug-likeness (QED) is 0.799. The molecule has 1 aromatic rings. The molecule has 2 fully saturated rings. The van der Waals surface area contributed by atoms with Gasteiger partial charge in [0.05, 0.1) is 25.3 Å². The van der Waals surface area contributed by atoms with Crippen LogP contribution in [-0.4, -0.2) is 42.9 Å². The lowest BCUT2D eigenvalue weighted by molar-refractivity contribution is -0.183. The average molecular weight is 300 g/mol. The number of benzene rings is 1. The van der Waals surface area contributed by atoms with Crippen LogP contribution in [0.2, 0.25) is 5.02 Å². The summed E-state index contributed by atoms with van der Waals surface area (Å²) in [5.41, 5.74) is -0.00690. The predicted molar refractivity (Wildman–Crippen MR) is 71.2 cm³/mol. The number of hydrogen-bond acceptors (Lipinski definition) is 3. The highest BCUT2D eigenvalue weighted by Gasteiger charge is 2.42. The molecular weight excluding hydrogens is 285 g/mol. The molecule has 2 aliphatic rings. The van der Waals surface area contributed by atoms with E-state index in [-0.39, 0.29) is 11.5 Å². The van der Waals surface area contributed by atoms with Gasteiger partial charge in [0.1, 0.15) is 5.82 Å². The predicted octanol–water partition coefficient (Wildman–Crippen LogP) is 2.46. The van der Waals surface area contributed by atoms with E-state index in [1.165, 1.54) is 18.2 Å². The maximum Gasteiger partial charge on any atom is 0.257 e. The van der Waals surface area contributed by atoms with Crippen LogP contribution < -0.4 is 0 Å². The number of carbonyl (C=O) groups excluding carboxylic acids is 1. The Balaban J connectivity index is 1.81. The van der Waals surface area contributed by atoms with Gasteiger partial charge in [0.25, 0.3) is 5.91 Å². The number of piperidine rings is 1.